The molecule has 0 aromatic heterocycles. The maximum Gasteiger partial charge on any atom is 0.329 e. The van der Waals surface area contributed by atoms with Crippen molar-refractivity contribution in [2.75, 3.05) is 13.2 Å². The molecule has 1 fully saturated rings. The lowest BCUT2D eigenvalue weighted by atomic mass is 10.2. The molecule has 2 heterocycles. The van der Waals surface area contributed by atoms with Crippen LogP contribution in [0.1, 0.15) is 32.1 Å². The van der Waals surface area contributed by atoms with Crippen LogP contribution in [0.2, 0.25) is 0 Å². The largest absolute Gasteiger partial charge is 0.460 e. The number of allylic oxidation sites excluding steroid dienone is 1. The zero-order valence-electron chi connectivity index (χ0n) is 9.35. The Morgan fingerprint density at radius 3 is 3.00 bits per heavy atom. The van der Waals surface area contributed by atoms with Crippen molar-refractivity contribution < 1.29 is 14.3 Å². The van der Waals surface area contributed by atoms with E-state index in [4.69, 9.17) is 4.74 Å². The Labute approximate surface area is 95.2 Å². The number of cyclic esters (lactones) is 1. The highest BCUT2D eigenvalue weighted by atomic mass is 16.5. The van der Waals surface area contributed by atoms with E-state index in [-0.39, 0.29) is 17.9 Å². The summed E-state index contributed by atoms with van der Waals surface area (Å²) < 4.78 is 5.12. The molecule has 0 saturated carbocycles. The van der Waals surface area contributed by atoms with Gasteiger partial charge in [-0.2, -0.15) is 0 Å². The fourth-order valence-electron chi connectivity index (χ4n) is 2.24. The van der Waals surface area contributed by atoms with Gasteiger partial charge in [-0.25, -0.2) is 4.79 Å². The Morgan fingerprint density at radius 2 is 2.12 bits per heavy atom. The molecule has 0 unspecified atom stereocenters. The van der Waals surface area contributed by atoms with Gasteiger partial charge < -0.3 is 9.64 Å². The second-order valence-electron chi connectivity index (χ2n) is 4.24. The van der Waals surface area contributed by atoms with Crippen LogP contribution in [0.4, 0.5) is 0 Å². The molecule has 1 atom stereocenters. The number of esters is 1. The molecule has 1 saturated heterocycles. The van der Waals surface area contributed by atoms with Gasteiger partial charge in [0.05, 0.1) is 0 Å². The Morgan fingerprint density at radius 1 is 1.25 bits per heavy atom. The molecule has 2 aliphatic heterocycles. The molecular formula is C12H17NO3. The summed E-state index contributed by atoms with van der Waals surface area (Å²) in [6.45, 7) is 1.03. The molecule has 4 nitrogen and oxygen atoms in total. The molecule has 0 spiro atoms. The van der Waals surface area contributed by atoms with E-state index in [2.05, 4.69) is 0 Å². The highest BCUT2D eigenvalue weighted by Crippen LogP contribution is 2.20. The van der Waals surface area contributed by atoms with Gasteiger partial charge in [-0.05, 0) is 25.7 Å². The first-order chi connectivity index (χ1) is 7.79. The monoisotopic (exact) mass is 223 g/mol. The van der Waals surface area contributed by atoms with E-state index in [1.165, 1.54) is 0 Å². The minimum atomic E-state index is -0.334. The molecule has 0 bridgehead atoms. The van der Waals surface area contributed by atoms with E-state index in [0.29, 0.717) is 19.6 Å². The topological polar surface area (TPSA) is 46.6 Å². The average Bonchev–Trinajstić information content (AvgIpc) is 2.74. The minimum absolute atomic E-state index is 0.0924. The van der Waals surface area contributed by atoms with Gasteiger partial charge in [-0.15, -0.1) is 0 Å². The molecule has 2 aliphatic rings. The molecule has 2 rings (SSSR count). The zero-order chi connectivity index (χ0) is 11.4. The maximum absolute atomic E-state index is 11.9. The number of nitrogens with zero attached hydrogens (tertiary/aromatic N) is 1. The van der Waals surface area contributed by atoms with Crippen LogP contribution < -0.4 is 0 Å². The van der Waals surface area contributed by atoms with Crippen molar-refractivity contribution in [2.45, 2.75) is 38.1 Å². The fraction of sp³-hybridized carbons (Fsp3) is 0.667. The number of carbonyl (C=O) groups excluding carboxylic acids is 2. The lowest BCUT2D eigenvalue weighted by Gasteiger charge is -2.22. The molecular weight excluding hydrogens is 206 g/mol. The van der Waals surface area contributed by atoms with Crippen molar-refractivity contribution in [3.05, 3.63) is 12.2 Å². The Hall–Kier alpha value is -1.32. The number of fused-ring (bicyclic) bond motifs is 1. The van der Waals surface area contributed by atoms with Crippen LogP contribution in [0, 0.1) is 0 Å². The van der Waals surface area contributed by atoms with Gasteiger partial charge in [0.15, 0.2) is 0 Å². The first-order valence-electron chi connectivity index (χ1n) is 5.90. The summed E-state index contributed by atoms with van der Waals surface area (Å²) in [6.07, 6.45) is 7.74. The first kappa shape index (κ1) is 11.2. The third kappa shape index (κ3) is 2.43. The van der Waals surface area contributed by atoms with Gasteiger partial charge in [0.1, 0.15) is 12.6 Å². The number of ether oxygens (including phenoxy) is 1. The summed E-state index contributed by atoms with van der Waals surface area (Å²) in [4.78, 5) is 25.3. The van der Waals surface area contributed by atoms with Crippen molar-refractivity contribution in [3.8, 4) is 0 Å². The predicted molar refractivity (Wildman–Crippen MR) is 58.7 cm³/mol. The number of amides is 1. The van der Waals surface area contributed by atoms with Crippen molar-refractivity contribution in [1.82, 2.24) is 4.90 Å². The number of hydrogen-bond acceptors (Lipinski definition) is 3. The minimum Gasteiger partial charge on any atom is -0.460 e. The summed E-state index contributed by atoms with van der Waals surface area (Å²) in [5, 5.41) is 0. The maximum atomic E-state index is 11.9. The number of carbonyl (C=O) groups is 2. The highest BCUT2D eigenvalue weighted by molar-refractivity contribution is 5.85. The number of rotatable bonds is 0. The molecule has 16 heavy (non-hydrogen) atoms. The molecule has 0 radical (unpaired) electrons. The smallest absolute Gasteiger partial charge is 0.329 e. The van der Waals surface area contributed by atoms with Gasteiger partial charge in [0.2, 0.25) is 5.91 Å². The average molecular weight is 223 g/mol. The van der Waals surface area contributed by atoms with Crippen molar-refractivity contribution in [3.63, 3.8) is 0 Å². The van der Waals surface area contributed by atoms with E-state index >= 15 is 0 Å². The van der Waals surface area contributed by atoms with Crippen molar-refractivity contribution in [2.24, 2.45) is 0 Å². The quantitative estimate of drug-likeness (QED) is 0.459. The van der Waals surface area contributed by atoms with Gasteiger partial charge in [-0.1, -0.05) is 12.2 Å². The molecule has 1 amide bonds. The van der Waals surface area contributed by atoms with Crippen LogP contribution in [0.25, 0.3) is 0 Å². The molecule has 0 aromatic carbocycles. The fourth-order valence-corrected chi connectivity index (χ4v) is 2.24. The van der Waals surface area contributed by atoms with Crippen LogP contribution in [-0.2, 0) is 14.3 Å². The van der Waals surface area contributed by atoms with Crippen molar-refractivity contribution in [1.29, 1.82) is 0 Å². The van der Waals surface area contributed by atoms with E-state index in [1.54, 1.807) is 4.90 Å². The third-order valence-electron chi connectivity index (χ3n) is 3.10. The van der Waals surface area contributed by atoms with E-state index in [0.717, 1.165) is 25.7 Å². The summed E-state index contributed by atoms with van der Waals surface area (Å²) in [7, 11) is 0. The summed E-state index contributed by atoms with van der Waals surface area (Å²) in [5.74, 6) is -0.160. The first-order valence-corrected chi connectivity index (χ1v) is 5.90. The molecule has 4 heteroatoms. The SMILES string of the molecule is O=C1OC/C=C\CCCC(=O)N2CCC[C@@H]12. The molecule has 88 valence electrons. The normalized spacial score (nSPS) is 29.2. The van der Waals surface area contributed by atoms with Gasteiger partial charge in [0.25, 0.3) is 0 Å². The van der Waals surface area contributed by atoms with Crippen molar-refractivity contribution >= 4 is 11.9 Å². The molecule has 0 aliphatic carbocycles. The van der Waals surface area contributed by atoms with Crippen LogP contribution in [0.5, 0.6) is 0 Å². The Balaban J connectivity index is 2.09. The van der Waals surface area contributed by atoms with Crippen LogP contribution in [0.3, 0.4) is 0 Å². The second kappa shape index (κ2) is 5.14. The van der Waals surface area contributed by atoms with E-state index in [1.807, 2.05) is 12.2 Å². The lowest BCUT2D eigenvalue weighted by Crippen LogP contribution is -2.41. The molecule has 0 N–H and O–H groups in total. The standard InChI is InChI=1S/C12H17NO3/c14-11-7-3-1-2-4-9-16-12(15)10-6-5-8-13(10)11/h2,4,10H,1,3,5-9H2/b4-2-/t10-/m0/s1. The Kier molecular flexibility index (Phi) is 3.59. The van der Waals surface area contributed by atoms with Gasteiger partial charge in [0, 0.05) is 13.0 Å². The van der Waals surface area contributed by atoms with E-state index < -0.39 is 0 Å². The lowest BCUT2D eigenvalue weighted by molar-refractivity contribution is -0.152. The van der Waals surface area contributed by atoms with Gasteiger partial charge >= 0.3 is 5.97 Å². The summed E-state index contributed by atoms with van der Waals surface area (Å²) in [5.41, 5.74) is 0. The second-order valence-corrected chi connectivity index (χ2v) is 4.24. The highest BCUT2D eigenvalue weighted by Gasteiger charge is 2.34. The van der Waals surface area contributed by atoms with E-state index in [9.17, 15) is 9.59 Å². The van der Waals surface area contributed by atoms with Crippen LogP contribution >= 0.6 is 0 Å². The van der Waals surface area contributed by atoms with Gasteiger partial charge in [-0.3, -0.25) is 4.79 Å². The number of hydrogen-bond donors (Lipinski definition) is 0. The van der Waals surface area contributed by atoms with Crippen LogP contribution in [0.15, 0.2) is 12.2 Å². The Bertz CT molecular complexity index is 311. The summed E-state index contributed by atoms with van der Waals surface area (Å²) in [6, 6.07) is -0.334. The zero-order valence-corrected chi connectivity index (χ0v) is 9.35. The third-order valence-corrected chi connectivity index (χ3v) is 3.10. The van der Waals surface area contributed by atoms with Crippen LogP contribution in [-0.4, -0.2) is 36.0 Å². The molecule has 0 aromatic rings. The summed E-state index contributed by atoms with van der Waals surface area (Å²) >= 11 is 0. The predicted octanol–water partition coefficient (Wildman–Crippen LogP) is 1.26.